The van der Waals surface area contributed by atoms with Crippen molar-refractivity contribution in [1.29, 1.82) is 0 Å². The second kappa shape index (κ2) is 8.84. The van der Waals surface area contributed by atoms with Crippen LogP contribution in [0, 0.1) is 0 Å². The van der Waals surface area contributed by atoms with E-state index in [1.165, 1.54) is 0 Å². The second-order valence-electron chi connectivity index (χ2n) is 2.18. The highest BCUT2D eigenvalue weighted by Crippen LogP contribution is 1.96. The molecule has 0 amide bonds. The van der Waals surface area contributed by atoms with Crippen molar-refractivity contribution in [3.8, 4) is 0 Å². The molecule has 0 aromatic carbocycles. The van der Waals surface area contributed by atoms with E-state index in [4.69, 9.17) is 10.3 Å². The van der Waals surface area contributed by atoms with Gasteiger partial charge in [0, 0.05) is 13.2 Å². The summed E-state index contributed by atoms with van der Waals surface area (Å²) < 4.78 is 0. The largest absolute Gasteiger partial charge is 0.396 e. The van der Waals surface area contributed by atoms with Crippen LogP contribution in [0.15, 0.2) is 0 Å². The van der Waals surface area contributed by atoms with Crippen molar-refractivity contribution in [3.63, 3.8) is 0 Å². The summed E-state index contributed by atoms with van der Waals surface area (Å²) in [5, 5.41) is 16.5. The third-order valence-corrected chi connectivity index (χ3v) is 1.29. The number of nitrogens with one attached hydrogen (secondary N) is 2. The van der Waals surface area contributed by atoms with E-state index in [0.717, 1.165) is 32.2 Å². The first-order valence-electron chi connectivity index (χ1n) is 3.64. The Labute approximate surface area is 61.2 Å². The Bertz CT molecular complexity index is 53.7. The Balaban J connectivity index is 2.65. The molecular formula is C6H16N2O2. The molecular weight excluding hydrogens is 132 g/mol. The molecule has 0 atom stereocenters. The molecule has 0 saturated carbocycles. The third kappa shape index (κ3) is 7.84. The van der Waals surface area contributed by atoms with Gasteiger partial charge < -0.3 is 10.3 Å². The number of hydrazine groups is 1. The van der Waals surface area contributed by atoms with Gasteiger partial charge in [0.2, 0.25) is 0 Å². The molecule has 0 aliphatic heterocycles. The standard InChI is InChI=1S/C6H16N2O2/c9-6-4-2-1-3-5-7-8-10/h7-10H,1-6H2. The minimum Gasteiger partial charge on any atom is -0.396 e. The Morgan fingerprint density at radius 3 is 2.30 bits per heavy atom. The van der Waals surface area contributed by atoms with Gasteiger partial charge in [0.05, 0.1) is 0 Å². The molecule has 4 heteroatoms. The lowest BCUT2D eigenvalue weighted by molar-refractivity contribution is 0.120. The van der Waals surface area contributed by atoms with E-state index < -0.39 is 0 Å². The average molecular weight is 148 g/mol. The van der Waals surface area contributed by atoms with Gasteiger partial charge in [0.1, 0.15) is 0 Å². The first-order chi connectivity index (χ1) is 4.91. The molecule has 0 spiro atoms. The lowest BCUT2D eigenvalue weighted by atomic mass is 10.2. The summed E-state index contributed by atoms with van der Waals surface area (Å²) in [4.78, 5) is 0. The Morgan fingerprint density at radius 1 is 1.00 bits per heavy atom. The van der Waals surface area contributed by atoms with Crippen molar-refractivity contribution >= 4 is 0 Å². The fourth-order valence-electron chi connectivity index (χ4n) is 0.735. The minimum atomic E-state index is 0.283. The maximum atomic E-state index is 8.40. The lowest BCUT2D eigenvalue weighted by Gasteiger charge is -1.99. The van der Waals surface area contributed by atoms with E-state index >= 15 is 0 Å². The molecule has 0 aliphatic rings. The first-order valence-corrected chi connectivity index (χ1v) is 3.64. The van der Waals surface area contributed by atoms with Crippen molar-refractivity contribution in [3.05, 3.63) is 0 Å². The van der Waals surface area contributed by atoms with Gasteiger partial charge in [-0.1, -0.05) is 12.8 Å². The molecule has 0 fully saturated rings. The van der Waals surface area contributed by atoms with Gasteiger partial charge in [-0.05, 0) is 12.8 Å². The molecule has 0 aromatic rings. The van der Waals surface area contributed by atoms with E-state index in [0.29, 0.717) is 0 Å². The molecule has 0 radical (unpaired) electrons. The zero-order chi connectivity index (χ0) is 7.66. The van der Waals surface area contributed by atoms with E-state index in [1.807, 2.05) is 5.59 Å². The van der Waals surface area contributed by atoms with Crippen LogP contribution < -0.4 is 11.0 Å². The summed E-state index contributed by atoms with van der Waals surface area (Å²) in [6.07, 6.45) is 4.05. The van der Waals surface area contributed by atoms with Crippen LogP contribution in [0.25, 0.3) is 0 Å². The zero-order valence-corrected chi connectivity index (χ0v) is 6.14. The minimum absolute atomic E-state index is 0.283. The van der Waals surface area contributed by atoms with Gasteiger partial charge in [-0.3, -0.25) is 0 Å². The normalized spacial score (nSPS) is 10.2. The lowest BCUT2D eigenvalue weighted by Crippen LogP contribution is -2.28. The summed E-state index contributed by atoms with van der Waals surface area (Å²) in [7, 11) is 0. The van der Waals surface area contributed by atoms with Crippen LogP contribution in [0.1, 0.15) is 25.7 Å². The smallest absolute Gasteiger partial charge is 0.0431 e. The molecule has 0 aliphatic carbocycles. The van der Waals surface area contributed by atoms with E-state index in [9.17, 15) is 0 Å². The van der Waals surface area contributed by atoms with Gasteiger partial charge in [-0.25, -0.2) is 5.43 Å². The van der Waals surface area contributed by atoms with E-state index in [1.54, 1.807) is 0 Å². The van der Waals surface area contributed by atoms with Crippen molar-refractivity contribution in [2.45, 2.75) is 25.7 Å². The zero-order valence-electron chi connectivity index (χ0n) is 6.14. The molecule has 0 heterocycles. The summed E-state index contributed by atoms with van der Waals surface area (Å²) in [5.41, 5.74) is 4.43. The van der Waals surface area contributed by atoms with Crippen LogP contribution >= 0.6 is 0 Å². The molecule has 0 rings (SSSR count). The third-order valence-electron chi connectivity index (χ3n) is 1.29. The molecule has 0 bridgehead atoms. The summed E-state index contributed by atoms with van der Waals surface area (Å²) in [6.45, 7) is 1.05. The molecule has 0 unspecified atom stereocenters. The topological polar surface area (TPSA) is 64.5 Å². The van der Waals surface area contributed by atoms with Crippen LogP contribution in [0.4, 0.5) is 0 Å². The van der Waals surface area contributed by atoms with Crippen molar-refractivity contribution in [2.24, 2.45) is 0 Å². The highest BCUT2D eigenvalue weighted by molar-refractivity contribution is 4.43. The Morgan fingerprint density at radius 2 is 1.70 bits per heavy atom. The van der Waals surface area contributed by atoms with Crippen LogP contribution in [0.2, 0.25) is 0 Å². The highest BCUT2D eigenvalue weighted by Gasteiger charge is 1.87. The molecule has 62 valence electrons. The van der Waals surface area contributed by atoms with Gasteiger partial charge in [0.15, 0.2) is 0 Å². The number of unbranched alkanes of at least 4 members (excludes halogenated alkanes) is 3. The second-order valence-corrected chi connectivity index (χ2v) is 2.18. The van der Waals surface area contributed by atoms with Gasteiger partial charge in [-0.2, -0.15) is 0 Å². The monoisotopic (exact) mass is 148 g/mol. The Kier molecular flexibility index (Phi) is 8.70. The summed E-state index contributed by atoms with van der Waals surface area (Å²) in [6, 6.07) is 0. The SMILES string of the molecule is OCCCCCCNNO. The molecule has 10 heavy (non-hydrogen) atoms. The van der Waals surface area contributed by atoms with Gasteiger partial charge >= 0.3 is 0 Å². The number of hydrogen-bond donors (Lipinski definition) is 4. The fourth-order valence-corrected chi connectivity index (χ4v) is 0.735. The molecule has 0 saturated heterocycles. The highest BCUT2D eigenvalue weighted by atomic mass is 16.5. The maximum absolute atomic E-state index is 8.40. The molecule has 4 nitrogen and oxygen atoms in total. The van der Waals surface area contributed by atoms with E-state index in [-0.39, 0.29) is 6.61 Å². The number of hydrogen-bond acceptors (Lipinski definition) is 4. The van der Waals surface area contributed by atoms with Crippen molar-refractivity contribution < 1.29 is 10.3 Å². The van der Waals surface area contributed by atoms with Crippen LogP contribution in [-0.4, -0.2) is 23.5 Å². The number of aliphatic hydroxyl groups excluding tert-OH is 1. The van der Waals surface area contributed by atoms with E-state index in [2.05, 4.69) is 5.43 Å². The van der Waals surface area contributed by atoms with Gasteiger partial charge in [-0.15, -0.1) is 5.59 Å². The van der Waals surface area contributed by atoms with Crippen molar-refractivity contribution in [1.82, 2.24) is 11.0 Å². The predicted molar refractivity (Wildman–Crippen MR) is 38.5 cm³/mol. The van der Waals surface area contributed by atoms with Crippen LogP contribution in [0.3, 0.4) is 0 Å². The van der Waals surface area contributed by atoms with Gasteiger partial charge in [0.25, 0.3) is 0 Å². The number of rotatable bonds is 7. The first kappa shape index (κ1) is 9.84. The molecule has 4 N–H and O–H groups in total. The van der Waals surface area contributed by atoms with Crippen LogP contribution in [-0.2, 0) is 0 Å². The summed E-state index contributed by atoms with van der Waals surface area (Å²) in [5.74, 6) is 0. The number of aliphatic hydroxyl groups is 1. The fraction of sp³-hybridized carbons (Fsp3) is 1.00. The van der Waals surface area contributed by atoms with Crippen molar-refractivity contribution in [2.75, 3.05) is 13.2 Å². The molecule has 0 aromatic heterocycles. The average Bonchev–Trinajstić information content (AvgIpc) is 1.97. The predicted octanol–water partition coefficient (Wildman–Crippen LogP) is 0.0225. The quantitative estimate of drug-likeness (QED) is 0.303. The summed E-state index contributed by atoms with van der Waals surface area (Å²) >= 11 is 0. The maximum Gasteiger partial charge on any atom is 0.0431 e. The Hall–Kier alpha value is -0.160. The van der Waals surface area contributed by atoms with Crippen LogP contribution in [0.5, 0.6) is 0 Å².